The fourth-order valence-electron chi connectivity index (χ4n) is 4.29. The predicted octanol–water partition coefficient (Wildman–Crippen LogP) is 4.84. The van der Waals surface area contributed by atoms with Crippen LogP contribution in [0.4, 0.5) is 15.8 Å². The molecule has 1 atom stereocenters. The van der Waals surface area contributed by atoms with Gasteiger partial charge in [-0.25, -0.2) is 4.39 Å². The summed E-state index contributed by atoms with van der Waals surface area (Å²) < 4.78 is 13.3. The minimum absolute atomic E-state index is 0.0443. The van der Waals surface area contributed by atoms with E-state index in [4.69, 9.17) is 11.6 Å². The number of amides is 1. The molecule has 7 heteroatoms. The lowest BCUT2D eigenvalue weighted by Gasteiger charge is -2.40. The first kappa shape index (κ1) is 24.0. The summed E-state index contributed by atoms with van der Waals surface area (Å²) in [5, 5.41) is 3.72. The monoisotopic (exact) mass is 480 g/mol. The van der Waals surface area contributed by atoms with Crippen LogP contribution in [0, 0.1) is 5.82 Å². The Balaban J connectivity index is 1.47. The Morgan fingerprint density at radius 3 is 2.15 bits per heavy atom. The summed E-state index contributed by atoms with van der Waals surface area (Å²) in [5.74, 6) is -0.337. The largest absolute Gasteiger partial charge is 0.378 e. The Hall–Kier alpha value is -3.09. The van der Waals surface area contributed by atoms with Crippen molar-refractivity contribution >= 4 is 28.9 Å². The summed E-state index contributed by atoms with van der Waals surface area (Å²) >= 11 is 5.96. The highest BCUT2D eigenvalue weighted by Crippen LogP contribution is 2.26. The van der Waals surface area contributed by atoms with Gasteiger partial charge in [0.15, 0.2) is 0 Å². The molecule has 1 unspecified atom stereocenters. The number of carbonyl (C=O) groups excluding carboxylic acids is 1. The van der Waals surface area contributed by atoms with Crippen LogP contribution in [0.25, 0.3) is 0 Å². The van der Waals surface area contributed by atoms with Crippen LogP contribution in [0.5, 0.6) is 0 Å². The Bertz CT molecular complexity index is 1080. The lowest BCUT2D eigenvalue weighted by atomic mass is 10.0. The standard InChI is InChI=1S/C27H30ClFN4O/c1-31(2)24-11-5-20(6-12-24)26(19-30-27(34)21-3-7-22(28)8-4-21)33-17-15-32(16-18-33)25-13-9-23(29)10-14-25/h3-14,26H,15-19H2,1-2H3,(H,30,34). The second-order valence-electron chi connectivity index (χ2n) is 8.72. The summed E-state index contributed by atoms with van der Waals surface area (Å²) in [7, 11) is 4.04. The first-order valence-corrected chi connectivity index (χ1v) is 11.8. The minimum atomic E-state index is -0.222. The third-order valence-electron chi connectivity index (χ3n) is 6.30. The topological polar surface area (TPSA) is 38.8 Å². The molecule has 34 heavy (non-hydrogen) atoms. The number of nitrogens with zero attached hydrogens (tertiary/aromatic N) is 3. The van der Waals surface area contributed by atoms with E-state index in [0.29, 0.717) is 17.1 Å². The Morgan fingerprint density at radius 2 is 1.56 bits per heavy atom. The van der Waals surface area contributed by atoms with E-state index in [0.717, 1.165) is 43.1 Å². The summed E-state index contributed by atoms with van der Waals surface area (Å²) in [5.41, 5.74) is 3.92. The number of nitrogens with one attached hydrogen (secondary N) is 1. The molecule has 3 aromatic carbocycles. The van der Waals surface area contributed by atoms with Crippen LogP contribution in [-0.4, -0.2) is 57.6 Å². The number of piperazine rings is 1. The van der Waals surface area contributed by atoms with Crippen molar-refractivity contribution in [2.45, 2.75) is 6.04 Å². The molecule has 178 valence electrons. The van der Waals surface area contributed by atoms with Crippen LogP contribution in [0.1, 0.15) is 22.0 Å². The van der Waals surface area contributed by atoms with Gasteiger partial charge < -0.3 is 15.1 Å². The minimum Gasteiger partial charge on any atom is -0.378 e. The van der Waals surface area contributed by atoms with Crippen LogP contribution in [-0.2, 0) is 0 Å². The Kier molecular flexibility index (Phi) is 7.70. The fourth-order valence-corrected chi connectivity index (χ4v) is 4.41. The molecule has 1 N–H and O–H groups in total. The van der Waals surface area contributed by atoms with Crippen molar-refractivity contribution in [2.75, 3.05) is 56.6 Å². The van der Waals surface area contributed by atoms with Gasteiger partial charge in [-0.15, -0.1) is 0 Å². The van der Waals surface area contributed by atoms with E-state index >= 15 is 0 Å². The van der Waals surface area contributed by atoms with Gasteiger partial charge in [0, 0.05) is 68.8 Å². The normalized spacial score (nSPS) is 15.1. The number of anilines is 2. The van der Waals surface area contributed by atoms with Crippen LogP contribution in [0.15, 0.2) is 72.8 Å². The zero-order chi connectivity index (χ0) is 24.1. The van der Waals surface area contributed by atoms with Crippen LogP contribution >= 0.6 is 11.6 Å². The maximum absolute atomic E-state index is 13.3. The molecule has 1 saturated heterocycles. The highest BCUT2D eigenvalue weighted by atomic mass is 35.5. The van der Waals surface area contributed by atoms with Gasteiger partial charge in [0.1, 0.15) is 5.82 Å². The summed E-state index contributed by atoms with van der Waals surface area (Å²) in [6, 6.07) is 22.1. The van der Waals surface area contributed by atoms with Gasteiger partial charge in [-0.3, -0.25) is 9.69 Å². The predicted molar refractivity (Wildman–Crippen MR) is 137 cm³/mol. The number of hydrogen-bond donors (Lipinski definition) is 1. The molecule has 0 bridgehead atoms. The van der Waals surface area contributed by atoms with Crippen molar-refractivity contribution in [3.05, 3.63) is 94.8 Å². The van der Waals surface area contributed by atoms with Crippen molar-refractivity contribution in [1.82, 2.24) is 10.2 Å². The molecule has 1 fully saturated rings. The zero-order valence-corrected chi connectivity index (χ0v) is 20.3. The first-order chi connectivity index (χ1) is 16.4. The SMILES string of the molecule is CN(C)c1ccc(C(CNC(=O)c2ccc(Cl)cc2)N2CCN(c3ccc(F)cc3)CC2)cc1. The molecule has 1 heterocycles. The average molecular weight is 481 g/mol. The van der Waals surface area contributed by atoms with Crippen molar-refractivity contribution in [3.8, 4) is 0 Å². The van der Waals surface area contributed by atoms with Crippen LogP contribution in [0.2, 0.25) is 5.02 Å². The van der Waals surface area contributed by atoms with Gasteiger partial charge in [0.2, 0.25) is 0 Å². The van der Waals surface area contributed by atoms with E-state index in [1.807, 2.05) is 26.2 Å². The number of halogens is 2. The number of benzene rings is 3. The van der Waals surface area contributed by atoms with E-state index in [1.54, 1.807) is 24.3 Å². The van der Waals surface area contributed by atoms with Crippen molar-refractivity contribution in [1.29, 1.82) is 0 Å². The molecule has 0 aromatic heterocycles. The maximum Gasteiger partial charge on any atom is 0.251 e. The second kappa shape index (κ2) is 10.9. The maximum atomic E-state index is 13.3. The van der Waals surface area contributed by atoms with Gasteiger partial charge in [-0.05, 0) is 66.2 Å². The van der Waals surface area contributed by atoms with Crippen LogP contribution < -0.4 is 15.1 Å². The molecule has 1 aliphatic rings. The van der Waals surface area contributed by atoms with Gasteiger partial charge in [-0.2, -0.15) is 0 Å². The highest BCUT2D eigenvalue weighted by Gasteiger charge is 2.26. The Morgan fingerprint density at radius 1 is 0.941 bits per heavy atom. The molecule has 4 rings (SSSR count). The molecule has 0 saturated carbocycles. The van der Waals surface area contributed by atoms with E-state index in [-0.39, 0.29) is 17.8 Å². The summed E-state index contributed by atoms with van der Waals surface area (Å²) in [4.78, 5) is 19.5. The molecule has 0 radical (unpaired) electrons. The van der Waals surface area contributed by atoms with Gasteiger partial charge in [0.25, 0.3) is 5.91 Å². The lowest BCUT2D eigenvalue weighted by molar-refractivity contribution is 0.0930. The van der Waals surface area contributed by atoms with Gasteiger partial charge in [0.05, 0.1) is 6.04 Å². The quantitative estimate of drug-likeness (QED) is 0.525. The molecule has 1 amide bonds. The molecule has 3 aromatic rings. The average Bonchev–Trinajstić information content (AvgIpc) is 2.85. The third-order valence-corrected chi connectivity index (χ3v) is 6.56. The Labute approximate surface area is 205 Å². The molecular formula is C27H30ClFN4O. The molecule has 5 nitrogen and oxygen atoms in total. The van der Waals surface area contributed by atoms with Crippen molar-refractivity contribution in [2.24, 2.45) is 0 Å². The van der Waals surface area contributed by atoms with Crippen molar-refractivity contribution < 1.29 is 9.18 Å². The smallest absolute Gasteiger partial charge is 0.251 e. The molecular weight excluding hydrogens is 451 g/mol. The highest BCUT2D eigenvalue weighted by molar-refractivity contribution is 6.30. The van der Waals surface area contributed by atoms with Gasteiger partial charge >= 0.3 is 0 Å². The van der Waals surface area contributed by atoms with Crippen molar-refractivity contribution in [3.63, 3.8) is 0 Å². The van der Waals surface area contributed by atoms with E-state index in [2.05, 4.69) is 44.3 Å². The van der Waals surface area contributed by atoms with E-state index < -0.39 is 0 Å². The first-order valence-electron chi connectivity index (χ1n) is 11.5. The summed E-state index contributed by atoms with van der Waals surface area (Å²) in [6.45, 7) is 3.86. The zero-order valence-electron chi connectivity index (χ0n) is 19.5. The fraction of sp³-hybridized carbons (Fsp3) is 0.296. The van der Waals surface area contributed by atoms with E-state index in [9.17, 15) is 9.18 Å². The number of carbonyl (C=O) groups is 1. The molecule has 1 aliphatic heterocycles. The lowest BCUT2D eigenvalue weighted by Crippen LogP contribution is -2.50. The second-order valence-corrected chi connectivity index (χ2v) is 9.15. The molecule has 0 spiro atoms. The number of rotatable bonds is 7. The van der Waals surface area contributed by atoms with E-state index in [1.165, 1.54) is 12.1 Å². The third kappa shape index (κ3) is 5.88. The summed E-state index contributed by atoms with van der Waals surface area (Å²) in [6.07, 6.45) is 0. The molecule has 0 aliphatic carbocycles. The van der Waals surface area contributed by atoms with Gasteiger partial charge in [-0.1, -0.05) is 23.7 Å². The number of hydrogen-bond acceptors (Lipinski definition) is 4. The van der Waals surface area contributed by atoms with Crippen LogP contribution in [0.3, 0.4) is 0 Å².